The van der Waals surface area contributed by atoms with Gasteiger partial charge in [-0.3, -0.25) is 14.6 Å². The molecule has 1 unspecified atom stereocenters. The van der Waals surface area contributed by atoms with E-state index in [1.807, 2.05) is 0 Å². The summed E-state index contributed by atoms with van der Waals surface area (Å²) in [6, 6.07) is 17.3. The maximum absolute atomic E-state index is 12.5. The number of rotatable bonds is 5. The number of hydrogen-bond acceptors (Lipinski definition) is 4. The molecule has 1 heterocycles. The number of carbonyl (C=O) groups is 1. The van der Waals surface area contributed by atoms with Crippen molar-refractivity contribution in [2.45, 2.75) is 5.60 Å². The van der Waals surface area contributed by atoms with Gasteiger partial charge < -0.3 is 5.11 Å². The van der Waals surface area contributed by atoms with E-state index < -0.39 is 5.60 Å². The van der Waals surface area contributed by atoms with Crippen molar-refractivity contribution in [3.05, 3.63) is 100 Å². The largest absolute Gasteiger partial charge is 0.376 e. The van der Waals surface area contributed by atoms with Crippen LogP contribution >= 0.6 is 11.6 Å². The Kier molecular flexibility index (Phi) is 5.56. The third-order valence-corrected chi connectivity index (χ3v) is 4.68. The lowest BCUT2D eigenvalue weighted by molar-refractivity contribution is -0.0757. The maximum Gasteiger partial charge on any atom is 0.277 e. The molecule has 0 aliphatic heterocycles. The molecule has 3 rings (SSSR count). The number of hydroxylamine groups is 2. The van der Waals surface area contributed by atoms with Crippen LogP contribution in [0.5, 0.6) is 0 Å². The molecule has 1 N–H and O–H groups in total. The summed E-state index contributed by atoms with van der Waals surface area (Å²) in [5.41, 5.74) is 0.628. The first kappa shape index (κ1) is 19.0. The van der Waals surface area contributed by atoms with Crippen LogP contribution in [0.25, 0.3) is 0 Å². The molecule has 6 heteroatoms. The van der Waals surface area contributed by atoms with Crippen molar-refractivity contribution in [3.8, 4) is 0 Å². The molecule has 27 heavy (non-hydrogen) atoms. The molecule has 0 aliphatic rings. The monoisotopic (exact) mass is 382 g/mol. The van der Waals surface area contributed by atoms with Crippen molar-refractivity contribution in [3.63, 3.8) is 0 Å². The van der Waals surface area contributed by atoms with Crippen LogP contribution in [-0.2, 0) is 10.4 Å². The summed E-state index contributed by atoms with van der Waals surface area (Å²) >= 11 is 6.01. The number of aromatic nitrogens is 1. The van der Waals surface area contributed by atoms with E-state index in [4.69, 9.17) is 16.4 Å². The van der Waals surface area contributed by atoms with Crippen LogP contribution < -0.4 is 0 Å². The summed E-state index contributed by atoms with van der Waals surface area (Å²) in [5, 5.41) is 13.5. The Morgan fingerprint density at radius 2 is 1.78 bits per heavy atom. The highest BCUT2D eigenvalue weighted by atomic mass is 35.5. The van der Waals surface area contributed by atoms with Gasteiger partial charge in [0.25, 0.3) is 5.91 Å². The number of benzene rings is 2. The second-order valence-electron chi connectivity index (χ2n) is 6.03. The molecule has 0 fully saturated rings. The number of aliphatic hydroxyl groups is 1. The van der Waals surface area contributed by atoms with E-state index in [0.717, 1.165) is 5.06 Å². The molecule has 3 aromatic rings. The first-order valence-electron chi connectivity index (χ1n) is 8.28. The Balaban J connectivity index is 2.18. The number of halogens is 1. The fraction of sp³-hybridized carbons (Fsp3) is 0.143. The van der Waals surface area contributed by atoms with Crippen LogP contribution in [0.3, 0.4) is 0 Å². The van der Waals surface area contributed by atoms with Crippen LogP contribution in [0.15, 0.2) is 73.1 Å². The quantitative estimate of drug-likeness (QED) is 0.684. The molecule has 0 saturated heterocycles. The molecule has 0 aliphatic carbocycles. The summed E-state index contributed by atoms with van der Waals surface area (Å²) in [6.07, 6.45) is 3.24. The zero-order valence-corrected chi connectivity index (χ0v) is 15.7. The molecule has 0 saturated carbocycles. The van der Waals surface area contributed by atoms with E-state index in [0.29, 0.717) is 27.3 Å². The van der Waals surface area contributed by atoms with Gasteiger partial charge in [0.2, 0.25) is 0 Å². The lowest BCUT2D eigenvalue weighted by atomic mass is 9.80. The van der Waals surface area contributed by atoms with Gasteiger partial charge in [-0.05, 0) is 41.5 Å². The molecule has 0 radical (unpaired) electrons. The normalized spacial score (nSPS) is 13.0. The highest BCUT2D eigenvalue weighted by Gasteiger charge is 2.34. The van der Waals surface area contributed by atoms with Crippen molar-refractivity contribution in [1.29, 1.82) is 0 Å². The van der Waals surface area contributed by atoms with Crippen molar-refractivity contribution in [1.82, 2.24) is 10.0 Å². The Hall–Kier alpha value is -2.73. The van der Waals surface area contributed by atoms with Gasteiger partial charge in [0.05, 0.1) is 7.11 Å². The number of pyridine rings is 1. The topological polar surface area (TPSA) is 62.7 Å². The van der Waals surface area contributed by atoms with Crippen LogP contribution in [-0.4, -0.2) is 35.2 Å². The summed E-state index contributed by atoms with van der Waals surface area (Å²) in [5.74, 6) is -0.316. The summed E-state index contributed by atoms with van der Waals surface area (Å²) < 4.78 is 0. The number of carbonyl (C=O) groups excluding carboxylic acids is 1. The molecule has 2 aromatic carbocycles. The molecule has 138 valence electrons. The minimum atomic E-state index is -1.50. The number of amides is 1. The molecule has 1 aromatic heterocycles. The second-order valence-corrected chi connectivity index (χ2v) is 6.46. The van der Waals surface area contributed by atoms with Gasteiger partial charge >= 0.3 is 0 Å². The van der Waals surface area contributed by atoms with E-state index in [1.165, 1.54) is 14.2 Å². The maximum atomic E-state index is 12.5. The average Bonchev–Trinajstić information content (AvgIpc) is 2.73. The van der Waals surface area contributed by atoms with E-state index in [9.17, 15) is 9.90 Å². The van der Waals surface area contributed by atoms with Gasteiger partial charge in [0.1, 0.15) is 5.60 Å². The summed E-state index contributed by atoms with van der Waals surface area (Å²) in [7, 11) is 2.95. The van der Waals surface area contributed by atoms with Crippen LogP contribution in [0.2, 0.25) is 5.02 Å². The van der Waals surface area contributed by atoms with Gasteiger partial charge in [-0.15, -0.1) is 0 Å². The molecular formula is C21H19ClN2O3. The third-order valence-electron chi connectivity index (χ3n) is 4.43. The van der Waals surface area contributed by atoms with Gasteiger partial charge in [0.15, 0.2) is 0 Å². The predicted octanol–water partition coefficient (Wildman–Crippen LogP) is 3.65. The lowest BCUT2D eigenvalue weighted by Crippen LogP contribution is -2.30. The molecular weight excluding hydrogens is 364 g/mol. The van der Waals surface area contributed by atoms with Crippen LogP contribution in [0.4, 0.5) is 0 Å². The van der Waals surface area contributed by atoms with E-state index in [2.05, 4.69) is 4.98 Å². The standard InChI is InChI=1S/C21H19ClN2O3/c1-24(27-2)20(25)15-5-3-6-17(13-15)21(26,18-7-4-12-23-14-18)16-8-10-19(22)11-9-16/h3-14,26H,1-2H3. The minimum Gasteiger partial charge on any atom is -0.376 e. The number of hydrogen-bond donors (Lipinski definition) is 1. The SMILES string of the molecule is CON(C)C(=O)c1cccc(C(O)(c2ccc(Cl)cc2)c2cccnc2)c1. The summed E-state index contributed by atoms with van der Waals surface area (Å²) in [4.78, 5) is 21.6. The zero-order chi connectivity index (χ0) is 19.4. The van der Waals surface area contributed by atoms with Crippen LogP contribution in [0, 0.1) is 0 Å². The van der Waals surface area contributed by atoms with E-state index in [-0.39, 0.29) is 5.91 Å². The predicted molar refractivity (Wildman–Crippen MR) is 103 cm³/mol. The van der Waals surface area contributed by atoms with Gasteiger partial charge in [-0.25, -0.2) is 5.06 Å². The first-order valence-corrected chi connectivity index (χ1v) is 8.66. The lowest BCUT2D eigenvalue weighted by Gasteiger charge is -2.30. The first-order chi connectivity index (χ1) is 13.0. The van der Waals surface area contributed by atoms with Gasteiger partial charge in [-0.2, -0.15) is 0 Å². The minimum absolute atomic E-state index is 0.316. The average molecular weight is 383 g/mol. The smallest absolute Gasteiger partial charge is 0.277 e. The third kappa shape index (κ3) is 3.71. The Morgan fingerprint density at radius 3 is 2.41 bits per heavy atom. The highest BCUT2D eigenvalue weighted by molar-refractivity contribution is 6.30. The fourth-order valence-electron chi connectivity index (χ4n) is 2.91. The molecule has 0 spiro atoms. The zero-order valence-electron chi connectivity index (χ0n) is 15.0. The van der Waals surface area contributed by atoms with Crippen molar-refractivity contribution < 1.29 is 14.7 Å². The van der Waals surface area contributed by atoms with Crippen LogP contribution in [0.1, 0.15) is 27.0 Å². The Labute approximate surface area is 162 Å². The van der Waals surface area contributed by atoms with Crippen molar-refractivity contribution >= 4 is 17.5 Å². The molecule has 1 atom stereocenters. The van der Waals surface area contributed by atoms with E-state index >= 15 is 0 Å². The highest BCUT2D eigenvalue weighted by Crippen LogP contribution is 2.37. The Bertz CT molecular complexity index is 932. The summed E-state index contributed by atoms with van der Waals surface area (Å²) in [6.45, 7) is 0. The van der Waals surface area contributed by atoms with Crippen molar-refractivity contribution in [2.75, 3.05) is 14.2 Å². The van der Waals surface area contributed by atoms with Gasteiger partial charge in [0, 0.05) is 35.6 Å². The molecule has 5 nitrogen and oxygen atoms in total. The molecule has 1 amide bonds. The second kappa shape index (κ2) is 7.88. The van der Waals surface area contributed by atoms with Crippen molar-refractivity contribution in [2.24, 2.45) is 0 Å². The fourth-order valence-corrected chi connectivity index (χ4v) is 3.04. The van der Waals surface area contributed by atoms with E-state index in [1.54, 1.807) is 73.1 Å². The molecule has 0 bridgehead atoms. The number of nitrogens with zero attached hydrogens (tertiary/aromatic N) is 2. The Morgan fingerprint density at radius 1 is 1.07 bits per heavy atom. The van der Waals surface area contributed by atoms with Gasteiger partial charge in [-0.1, -0.05) is 41.9 Å².